The van der Waals surface area contributed by atoms with Crippen LogP contribution in [0.1, 0.15) is 6.42 Å². The Hall–Kier alpha value is -1.69. The van der Waals surface area contributed by atoms with E-state index in [0.717, 1.165) is 4.90 Å². The van der Waals surface area contributed by atoms with Crippen molar-refractivity contribution in [1.82, 2.24) is 0 Å². The number of carboxylic acids is 1. The van der Waals surface area contributed by atoms with E-state index >= 15 is 0 Å². The van der Waals surface area contributed by atoms with Crippen LogP contribution in [0.4, 0.5) is 10.5 Å². The standard InChI is InChI=1S/C12H16N2O3S/c1-18-8-7-10(11(15)16)14(12(13)17)9-5-3-2-4-6-9/h2-6,10H,7-8H2,1H3,(H2,13,17)(H,15,16). The fourth-order valence-electron chi connectivity index (χ4n) is 1.64. The van der Waals surface area contributed by atoms with Gasteiger partial charge in [0.1, 0.15) is 6.04 Å². The van der Waals surface area contributed by atoms with Gasteiger partial charge in [0.2, 0.25) is 0 Å². The average Bonchev–Trinajstić information content (AvgIpc) is 2.34. The van der Waals surface area contributed by atoms with Crippen LogP contribution in [-0.4, -0.2) is 35.2 Å². The van der Waals surface area contributed by atoms with Gasteiger partial charge in [-0.25, -0.2) is 9.59 Å². The van der Waals surface area contributed by atoms with Gasteiger partial charge in [-0.05, 0) is 30.6 Å². The van der Waals surface area contributed by atoms with Crippen LogP contribution < -0.4 is 10.6 Å². The Kier molecular flexibility index (Phi) is 5.51. The normalized spacial score (nSPS) is 11.8. The SMILES string of the molecule is CSCCC(C(=O)O)N(C(N)=O)c1ccccc1. The summed E-state index contributed by atoms with van der Waals surface area (Å²) >= 11 is 1.53. The fraction of sp³-hybridized carbons (Fsp3) is 0.333. The van der Waals surface area contributed by atoms with Gasteiger partial charge in [0.25, 0.3) is 0 Å². The molecule has 1 rings (SSSR count). The van der Waals surface area contributed by atoms with E-state index in [9.17, 15) is 14.7 Å². The number of rotatable bonds is 6. The molecule has 0 aliphatic rings. The molecule has 0 saturated heterocycles. The number of anilines is 1. The molecule has 0 fully saturated rings. The van der Waals surface area contributed by atoms with Crippen molar-refractivity contribution in [2.45, 2.75) is 12.5 Å². The molecule has 1 unspecified atom stereocenters. The third-order valence-corrected chi connectivity index (χ3v) is 3.11. The van der Waals surface area contributed by atoms with E-state index in [1.165, 1.54) is 11.8 Å². The molecule has 1 aromatic carbocycles. The summed E-state index contributed by atoms with van der Waals surface area (Å²) in [5.74, 6) is -0.403. The maximum Gasteiger partial charge on any atom is 0.326 e. The first-order valence-electron chi connectivity index (χ1n) is 5.43. The molecule has 3 N–H and O–H groups in total. The summed E-state index contributed by atoms with van der Waals surface area (Å²) in [6.07, 6.45) is 2.24. The summed E-state index contributed by atoms with van der Waals surface area (Å²) < 4.78 is 0. The zero-order valence-corrected chi connectivity index (χ0v) is 10.9. The van der Waals surface area contributed by atoms with Crippen LogP contribution in [0.2, 0.25) is 0 Å². The lowest BCUT2D eigenvalue weighted by atomic mass is 10.1. The van der Waals surface area contributed by atoms with Crippen LogP contribution >= 0.6 is 11.8 Å². The van der Waals surface area contributed by atoms with E-state index in [1.54, 1.807) is 30.3 Å². The molecule has 0 heterocycles. The smallest absolute Gasteiger partial charge is 0.326 e. The Morgan fingerprint density at radius 2 is 2.00 bits per heavy atom. The summed E-state index contributed by atoms with van der Waals surface area (Å²) in [4.78, 5) is 23.9. The minimum absolute atomic E-state index is 0.355. The number of amides is 2. The van der Waals surface area contributed by atoms with Gasteiger partial charge in [0.05, 0.1) is 0 Å². The number of urea groups is 1. The Morgan fingerprint density at radius 3 is 2.44 bits per heavy atom. The Bertz CT molecular complexity index is 411. The van der Waals surface area contributed by atoms with Crippen molar-refractivity contribution >= 4 is 29.4 Å². The topological polar surface area (TPSA) is 83.6 Å². The third-order valence-electron chi connectivity index (χ3n) is 2.46. The molecule has 0 spiro atoms. The molecule has 6 heteroatoms. The minimum Gasteiger partial charge on any atom is -0.480 e. The summed E-state index contributed by atoms with van der Waals surface area (Å²) in [6, 6.07) is 6.91. The van der Waals surface area contributed by atoms with Gasteiger partial charge in [0, 0.05) is 5.69 Å². The number of nitrogens with two attached hydrogens (primary N) is 1. The lowest BCUT2D eigenvalue weighted by Gasteiger charge is -2.27. The Balaban J connectivity index is 3.01. The summed E-state index contributed by atoms with van der Waals surface area (Å²) in [5.41, 5.74) is 5.79. The van der Waals surface area contributed by atoms with Crippen molar-refractivity contribution < 1.29 is 14.7 Å². The largest absolute Gasteiger partial charge is 0.480 e. The number of carbonyl (C=O) groups excluding carboxylic acids is 1. The molecule has 1 aromatic rings. The van der Waals surface area contributed by atoms with Crippen LogP contribution in [0.5, 0.6) is 0 Å². The van der Waals surface area contributed by atoms with Crippen LogP contribution in [0, 0.1) is 0 Å². The van der Waals surface area contributed by atoms with E-state index in [-0.39, 0.29) is 0 Å². The summed E-state index contributed by atoms with van der Waals surface area (Å²) in [7, 11) is 0. The van der Waals surface area contributed by atoms with Crippen molar-refractivity contribution in [1.29, 1.82) is 0 Å². The molecule has 2 amide bonds. The Morgan fingerprint density at radius 1 is 1.39 bits per heavy atom. The van der Waals surface area contributed by atoms with Crippen molar-refractivity contribution in [3.8, 4) is 0 Å². The second kappa shape index (κ2) is 6.90. The summed E-state index contributed by atoms with van der Waals surface area (Å²) in [5, 5.41) is 9.22. The third kappa shape index (κ3) is 3.66. The quantitative estimate of drug-likeness (QED) is 0.823. The van der Waals surface area contributed by atoms with Gasteiger partial charge in [-0.2, -0.15) is 11.8 Å². The number of primary amides is 1. The molecule has 0 saturated carbocycles. The maximum absolute atomic E-state index is 11.5. The first-order chi connectivity index (χ1) is 8.57. The molecule has 18 heavy (non-hydrogen) atoms. The average molecular weight is 268 g/mol. The monoisotopic (exact) mass is 268 g/mol. The highest BCUT2D eigenvalue weighted by atomic mass is 32.2. The zero-order chi connectivity index (χ0) is 13.5. The van der Waals surface area contributed by atoms with Crippen LogP contribution in [-0.2, 0) is 4.79 Å². The van der Waals surface area contributed by atoms with E-state index in [0.29, 0.717) is 17.9 Å². The second-order valence-electron chi connectivity index (χ2n) is 3.68. The van der Waals surface area contributed by atoms with Crippen molar-refractivity contribution in [3.05, 3.63) is 30.3 Å². The molecule has 0 aliphatic heterocycles. The minimum atomic E-state index is -1.05. The number of hydrogen-bond donors (Lipinski definition) is 2. The predicted molar refractivity (Wildman–Crippen MR) is 72.9 cm³/mol. The van der Waals surface area contributed by atoms with Crippen LogP contribution in [0.25, 0.3) is 0 Å². The first kappa shape index (κ1) is 14.4. The van der Waals surface area contributed by atoms with E-state index in [1.807, 2.05) is 6.26 Å². The molecule has 98 valence electrons. The van der Waals surface area contributed by atoms with E-state index in [4.69, 9.17) is 5.73 Å². The molecular weight excluding hydrogens is 252 g/mol. The highest BCUT2D eigenvalue weighted by Gasteiger charge is 2.29. The maximum atomic E-state index is 11.5. The number of thioether (sulfide) groups is 1. The number of aliphatic carboxylic acids is 1. The van der Waals surface area contributed by atoms with Crippen LogP contribution in [0.3, 0.4) is 0 Å². The lowest BCUT2D eigenvalue weighted by Crippen LogP contribution is -2.48. The van der Waals surface area contributed by atoms with E-state index < -0.39 is 18.0 Å². The highest BCUT2D eigenvalue weighted by Crippen LogP contribution is 2.19. The van der Waals surface area contributed by atoms with Gasteiger partial charge in [-0.15, -0.1) is 0 Å². The van der Waals surface area contributed by atoms with E-state index in [2.05, 4.69) is 0 Å². The number of benzene rings is 1. The van der Waals surface area contributed by atoms with Gasteiger partial charge in [0.15, 0.2) is 0 Å². The number of carboxylic acid groups (broad SMARTS) is 1. The predicted octanol–water partition coefficient (Wildman–Crippen LogP) is 1.78. The fourth-order valence-corrected chi connectivity index (χ4v) is 2.10. The molecular formula is C12H16N2O3S. The number of para-hydroxylation sites is 1. The second-order valence-corrected chi connectivity index (χ2v) is 4.66. The van der Waals surface area contributed by atoms with Crippen LogP contribution in [0.15, 0.2) is 30.3 Å². The first-order valence-corrected chi connectivity index (χ1v) is 6.82. The van der Waals surface area contributed by atoms with Crippen molar-refractivity contribution in [2.24, 2.45) is 5.73 Å². The molecule has 1 atom stereocenters. The van der Waals surface area contributed by atoms with Gasteiger partial charge in [-0.3, -0.25) is 4.90 Å². The molecule has 5 nitrogen and oxygen atoms in total. The Labute approximate surface area is 110 Å². The molecule has 0 bridgehead atoms. The lowest BCUT2D eigenvalue weighted by molar-refractivity contribution is -0.138. The zero-order valence-electron chi connectivity index (χ0n) is 10.1. The van der Waals surface area contributed by atoms with Gasteiger partial charge < -0.3 is 10.8 Å². The number of carbonyl (C=O) groups is 2. The van der Waals surface area contributed by atoms with Crippen molar-refractivity contribution in [2.75, 3.05) is 16.9 Å². The van der Waals surface area contributed by atoms with Gasteiger partial charge in [-0.1, -0.05) is 18.2 Å². The number of hydrogen-bond acceptors (Lipinski definition) is 3. The molecule has 0 aromatic heterocycles. The molecule has 0 radical (unpaired) electrons. The number of nitrogens with zero attached hydrogens (tertiary/aromatic N) is 1. The van der Waals surface area contributed by atoms with Gasteiger partial charge >= 0.3 is 12.0 Å². The highest BCUT2D eigenvalue weighted by molar-refractivity contribution is 7.98. The molecule has 0 aliphatic carbocycles. The van der Waals surface area contributed by atoms with Crippen molar-refractivity contribution in [3.63, 3.8) is 0 Å². The summed E-state index contributed by atoms with van der Waals surface area (Å²) in [6.45, 7) is 0.